The molecule has 0 radical (unpaired) electrons. The molecule has 0 bridgehead atoms. The molecule has 0 amide bonds. The van der Waals surface area contributed by atoms with Gasteiger partial charge in [-0.2, -0.15) is 0 Å². The normalized spacial score (nSPS) is 17.4. The largest absolute Gasteiger partial charge is 0.480 e. The van der Waals surface area contributed by atoms with E-state index in [0.717, 1.165) is 12.8 Å². The highest BCUT2D eigenvalue weighted by atomic mass is 16.5. The van der Waals surface area contributed by atoms with Crippen LogP contribution in [0.3, 0.4) is 0 Å². The number of nitrogens with zero attached hydrogens (tertiary/aromatic N) is 1. The molecule has 6 heteroatoms. The molecule has 2 N–H and O–H groups in total. The smallest absolute Gasteiger partial charge is 0.338 e. The van der Waals surface area contributed by atoms with Gasteiger partial charge in [0.05, 0.1) is 12.7 Å². The van der Waals surface area contributed by atoms with Crippen molar-refractivity contribution in [1.29, 1.82) is 0 Å². The van der Waals surface area contributed by atoms with Gasteiger partial charge in [0.1, 0.15) is 11.4 Å². The Bertz CT molecular complexity index is 513. The third-order valence-electron chi connectivity index (χ3n) is 3.41. The first-order chi connectivity index (χ1) is 8.97. The summed E-state index contributed by atoms with van der Waals surface area (Å²) < 4.78 is 4.62. The number of carbonyl (C=O) groups excluding carboxylic acids is 1. The zero-order valence-electron chi connectivity index (χ0n) is 10.8. The molecule has 1 aliphatic rings. The standard InChI is InChI=1S/C13H16N2O4/c1-13(12(17)18,9-3-4-9)15-10-7-8(5-6-14-10)11(16)19-2/h5-7,9H,3-4H2,1-2H3,(H,14,15)(H,17,18). The molecule has 0 aromatic carbocycles. The summed E-state index contributed by atoms with van der Waals surface area (Å²) in [6.45, 7) is 1.64. The monoisotopic (exact) mass is 264 g/mol. The average Bonchev–Trinajstić information content (AvgIpc) is 3.22. The minimum absolute atomic E-state index is 0.0913. The number of carboxylic acids is 1. The number of aromatic nitrogens is 1. The highest BCUT2D eigenvalue weighted by molar-refractivity contribution is 5.90. The fraction of sp³-hybridized carbons (Fsp3) is 0.462. The van der Waals surface area contributed by atoms with Crippen molar-refractivity contribution in [2.45, 2.75) is 25.3 Å². The number of pyridine rings is 1. The summed E-state index contributed by atoms with van der Waals surface area (Å²) in [5.74, 6) is -0.942. The second-order valence-electron chi connectivity index (χ2n) is 4.83. The van der Waals surface area contributed by atoms with Gasteiger partial charge in [-0.25, -0.2) is 14.6 Å². The quantitative estimate of drug-likeness (QED) is 0.784. The van der Waals surface area contributed by atoms with E-state index < -0.39 is 17.5 Å². The van der Waals surface area contributed by atoms with Gasteiger partial charge in [-0.05, 0) is 37.8 Å². The Labute approximate surface area is 110 Å². The van der Waals surface area contributed by atoms with E-state index in [9.17, 15) is 14.7 Å². The zero-order chi connectivity index (χ0) is 14.0. The van der Waals surface area contributed by atoms with E-state index in [2.05, 4.69) is 15.0 Å². The molecular weight excluding hydrogens is 248 g/mol. The van der Waals surface area contributed by atoms with Crippen LogP contribution in [-0.2, 0) is 9.53 Å². The molecule has 0 saturated heterocycles. The maximum absolute atomic E-state index is 11.4. The summed E-state index contributed by atoms with van der Waals surface area (Å²) in [6, 6.07) is 3.02. The topological polar surface area (TPSA) is 88.5 Å². The number of nitrogens with one attached hydrogen (secondary N) is 1. The van der Waals surface area contributed by atoms with E-state index in [1.165, 1.54) is 25.4 Å². The summed E-state index contributed by atoms with van der Waals surface area (Å²) in [5.41, 5.74) is -0.717. The maximum atomic E-state index is 11.4. The number of hydrogen-bond acceptors (Lipinski definition) is 5. The predicted octanol–water partition coefficient (Wildman–Crippen LogP) is 1.53. The van der Waals surface area contributed by atoms with Crippen molar-refractivity contribution in [2.75, 3.05) is 12.4 Å². The molecule has 1 saturated carbocycles. The number of carbonyl (C=O) groups is 2. The lowest BCUT2D eigenvalue weighted by atomic mass is 9.96. The fourth-order valence-electron chi connectivity index (χ4n) is 2.00. The number of anilines is 1. The molecular formula is C13H16N2O4. The third-order valence-corrected chi connectivity index (χ3v) is 3.41. The van der Waals surface area contributed by atoms with Crippen molar-refractivity contribution in [3.8, 4) is 0 Å². The van der Waals surface area contributed by atoms with Gasteiger partial charge < -0.3 is 15.2 Å². The van der Waals surface area contributed by atoms with Crippen molar-refractivity contribution in [3.05, 3.63) is 23.9 Å². The molecule has 1 unspecified atom stereocenters. The summed E-state index contributed by atoms with van der Waals surface area (Å²) in [6.07, 6.45) is 3.21. The van der Waals surface area contributed by atoms with Gasteiger partial charge in [0.2, 0.25) is 0 Å². The van der Waals surface area contributed by atoms with Gasteiger partial charge in [0.15, 0.2) is 0 Å². The van der Waals surface area contributed by atoms with E-state index in [1.54, 1.807) is 6.92 Å². The van der Waals surface area contributed by atoms with Gasteiger partial charge in [-0.3, -0.25) is 0 Å². The van der Waals surface area contributed by atoms with E-state index in [4.69, 9.17) is 0 Å². The molecule has 1 atom stereocenters. The van der Waals surface area contributed by atoms with Crippen LogP contribution in [0.25, 0.3) is 0 Å². The first-order valence-corrected chi connectivity index (χ1v) is 6.03. The van der Waals surface area contributed by atoms with Crippen LogP contribution in [0.2, 0.25) is 0 Å². The van der Waals surface area contributed by atoms with Crippen molar-refractivity contribution in [3.63, 3.8) is 0 Å². The minimum Gasteiger partial charge on any atom is -0.480 e. The molecule has 102 valence electrons. The van der Waals surface area contributed by atoms with Crippen LogP contribution in [0.1, 0.15) is 30.1 Å². The summed E-state index contributed by atoms with van der Waals surface area (Å²) in [5, 5.41) is 12.3. The summed E-state index contributed by atoms with van der Waals surface area (Å²) >= 11 is 0. The van der Waals surface area contributed by atoms with E-state index in [-0.39, 0.29) is 5.92 Å². The molecule has 1 aliphatic carbocycles. The van der Waals surface area contributed by atoms with Crippen molar-refractivity contribution in [2.24, 2.45) is 5.92 Å². The Kier molecular flexibility index (Phi) is 3.42. The van der Waals surface area contributed by atoms with Gasteiger partial charge in [-0.15, -0.1) is 0 Å². The zero-order valence-corrected chi connectivity index (χ0v) is 10.8. The number of aliphatic carboxylic acids is 1. The second-order valence-corrected chi connectivity index (χ2v) is 4.83. The van der Waals surface area contributed by atoms with Crippen LogP contribution in [0, 0.1) is 5.92 Å². The Morgan fingerprint density at radius 2 is 2.21 bits per heavy atom. The molecule has 19 heavy (non-hydrogen) atoms. The Morgan fingerprint density at radius 1 is 1.53 bits per heavy atom. The Balaban J connectivity index is 2.22. The predicted molar refractivity (Wildman–Crippen MR) is 68.0 cm³/mol. The first-order valence-electron chi connectivity index (χ1n) is 6.03. The average molecular weight is 264 g/mol. The number of rotatable bonds is 5. The third kappa shape index (κ3) is 2.67. The highest BCUT2D eigenvalue weighted by Gasteiger charge is 2.47. The molecule has 1 aromatic heterocycles. The lowest BCUT2D eigenvalue weighted by Crippen LogP contribution is -2.45. The molecule has 1 aromatic rings. The van der Waals surface area contributed by atoms with Crippen molar-refractivity contribution < 1.29 is 19.4 Å². The van der Waals surface area contributed by atoms with Crippen LogP contribution >= 0.6 is 0 Å². The maximum Gasteiger partial charge on any atom is 0.338 e. The number of methoxy groups -OCH3 is 1. The van der Waals surface area contributed by atoms with Gasteiger partial charge in [0, 0.05) is 6.20 Å². The number of esters is 1. The van der Waals surface area contributed by atoms with Crippen molar-refractivity contribution in [1.82, 2.24) is 4.98 Å². The van der Waals surface area contributed by atoms with Gasteiger partial charge >= 0.3 is 11.9 Å². The fourth-order valence-corrected chi connectivity index (χ4v) is 2.00. The Morgan fingerprint density at radius 3 is 2.74 bits per heavy atom. The number of hydrogen-bond donors (Lipinski definition) is 2. The Hall–Kier alpha value is -2.11. The van der Waals surface area contributed by atoms with Crippen molar-refractivity contribution >= 4 is 17.8 Å². The molecule has 6 nitrogen and oxygen atoms in total. The molecule has 2 rings (SSSR count). The summed E-state index contributed by atoms with van der Waals surface area (Å²) in [7, 11) is 1.29. The van der Waals surface area contributed by atoms with Crippen LogP contribution < -0.4 is 5.32 Å². The summed E-state index contributed by atoms with van der Waals surface area (Å²) in [4.78, 5) is 26.9. The number of carboxylic acid groups (broad SMARTS) is 1. The molecule has 1 fully saturated rings. The SMILES string of the molecule is COC(=O)c1ccnc(NC(C)(C(=O)O)C2CC2)c1. The number of ether oxygens (including phenoxy) is 1. The lowest BCUT2D eigenvalue weighted by Gasteiger charge is -2.26. The van der Waals surface area contributed by atoms with Gasteiger partial charge in [-0.1, -0.05) is 0 Å². The molecule has 1 heterocycles. The first kappa shape index (κ1) is 13.3. The minimum atomic E-state index is -1.05. The molecule has 0 spiro atoms. The van der Waals surface area contributed by atoms with E-state index >= 15 is 0 Å². The highest BCUT2D eigenvalue weighted by Crippen LogP contribution is 2.41. The molecule has 0 aliphatic heterocycles. The van der Waals surface area contributed by atoms with E-state index in [1.807, 2.05) is 0 Å². The van der Waals surface area contributed by atoms with Crippen LogP contribution in [-0.4, -0.2) is 34.7 Å². The van der Waals surface area contributed by atoms with Crippen LogP contribution in [0.4, 0.5) is 5.82 Å². The van der Waals surface area contributed by atoms with Gasteiger partial charge in [0.25, 0.3) is 0 Å². The lowest BCUT2D eigenvalue weighted by molar-refractivity contribution is -0.142. The second kappa shape index (κ2) is 4.87. The van der Waals surface area contributed by atoms with Crippen LogP contribution in [0.15, 0.2) is 18.3 Å². The van der Waals surface area contributed by atoms with E-state index in [0.29, 0.717) is 11.4 Å². The van der Waals surface area contributed by atoms with Crippen LogP contribution in [0.5, 0.6) is 0 Å².